The lowest BCUT2D eigenvalue weighted by Crippen LogP contribution is -2.41. The summed E-state index contributed by atoms with van der Waals surface area (Å²) in [5.41, 5.74) is 0.623. The van der Waals surface area contributed by atoms with E-state index in [4.69, 9.17) is 4.74 Å². The van der Waals surface area contributed by atoms with Gasteiger partial charge in [0.1, 0.15) is 5.75 Å². The van der Waals surface area contributed by atoms with Crippen molar-refractivity contribution in [2.45, 2.75) is 38.6 Å². The monoisotopic (exact) mass is 247 g/mol. The molecule has 2 rings (SSSR count). The summed E-state index contributed by atoms with van der Waals surface area (Å²) >= 11 is 0. The smallest absolute Gasteiger partial charge is 0.255 e. The predicted molar refractivity (Wildman–Crippen MR) is 71.9 cm³/mol. The van der Waals surface area contributed by atoms with Crippen molar-refractivity contribution in [2.75, 3.05) is 7.11 Å². The highest BCUT2D eigenvalue weighted by atomic mass is 16.5. The standard InChI is InChI=1S/C15H21NO2/c1-11-7-3-5-9-13(11)16-15(17)12-8-4-6-10-14(12)18-2/h4,6,8,10-11,13H,3,5,7,9H2,1-2H3,(H,16,17)/t11-,13-/m0/s1. The molecule has 2 atom stereocenters. The topological polar surface area (TPSA) is 38.3 Å². The summed E-state index contributed by atoms with van der Waals surface area (Å²) in [5, 5.41) is 3.14. The van der Waals surface area contributed by atoms with Crippen LogP contribution in [0.4, 0.5) is 0 Å². The van der Waals surface area contributed by atoms with Gasteiger partial charge in [-0.2, -0.15) is 0 Å². The Labute approximate surface area is 109 Å². The van der Waals surface area contributed by atoms with Gasteiger partial charge < -0.3 is 10.1 Å². The van der Waals surface area contributed by atoms with Gasteiger partial charge in [0.25, 0.3) is 5.91 Å². The quantitative estimate of drug-likeness (QED) is 0.891. The molecule has 0 unspecified atom stereocenters. The molecule has 1 aliphatic rings. The fraction of sp³-hybridized carbons (Fsp3) is 0.533. The highest BCUT2D eigenvalue weighted by Gasteiger charge is 2.24. The molecule has 3 heteroatoms. The Morgan fingerprint density at radius 1 is 1.28 bits per heavy atom. The number of carbonyl (C=O) groups is 1. The molecule has 98 valence electrons. The van der Waals surface area contributed by atoms with Crippen LogP contribution in [0.3, 0.4) is 0 Å². The summed E-state index contributed by atoms with van der Waals surface area (Å²) in [6, 6.07) is 7.66. The van der Waals surface area contributed by atoms with Gasteiger partial charge in [-0.25, -0.2) is 0 Å². The minimum absolute atomic E-state index is 0.0220. The molecule has 1 fully saturated rings. The van der Waals surface area contributed by atoms with E-state index >= 15 is 0 Å². The second kappa shape index (κ2) is 5.89. The number of amides is 1. The van der Waals surface area contributed by atoms with Crippen LogP contribution in [0.2, 0.25) is 0 Å². The summed E-state index contributed by atoms with van der Waals surface area (Å²) in [4.78, 5) is 12.2. The van der Waals surface area contributed by atoms with Gasteiger partial charge in [-0.1, -0.05) is 31.9 Å². The lowest BCUT2D eigenvalue weighted by atomic mass is 9.86. The zero-order valence-electron chi connectivity index (χ0n) is 11.1. The molecule has 0 spiro atoms. The van der Waals surface area contributed by atoms with Gasteiger partial charge in [-0.15, -0.1) is 0 Å². The number of rotatable bonds is 3. The Kier molecular flexibility index (Phi) is 4.24. The van der Waals surface area contributed by atoms with Gasteiger partial charge in [0.15, 0.2) is 0 Å². The summed E-state index contributed by atoms with van der Waals surface area (Å²) in [5.74, 6) is 1.18. The van der Waals surface area contributed by atoms with E-state index in [1.54, 1.807) is 7.11 Å². The predicted octanol–water partition coefficient (Wildman–Crippen LogP) is 3.00. The van der Waals surface area contributed by atoms with E-state index in [-0.39, 0.29) is 5.91 Å². The number of benzene rings is 1. The lowest BCUT2D eigenvalue weighted by molar-refractivity contribution is 0.0907. The molecule has 1 aromatic carbocycles. The van der Waals surface area contributed by atoms with E-state index in [0.717, 1.165) is 6.42 Å². The molecule has 3 nitrogen and oxygen atoms in total. The van der Waals surface area contributed by atoms with Gasteiger partial charge >= 0.3 is 0 Å². The van der Waals surface area contributed by atoms with Crippen LogP contribution in [-0.4, -0.2) is 19.1 Å². The Hall–Kier alpha value is -1.51. The molecule has 18 heavy (non-hydrogen) atoms. The molecule has 1 aromatic rings. The Morgan fingerprint density at radius 3 is 2.72 bits per heavy atom. The highest BCUT2D eigenvalue weighted by molar-refractivity contribution is 5.97. The molecule has 0 radical (unpaired) electrons. The van der Waals surface area contributed by atoms with Crippen molar-refractivity contribution < 1.29 is 9.53 Å². The summed E-state index contributed by atoms with van der Waals surface area (Å²) < 4.78 is 5.22. The molecule has 0 aliphatic heterocycles. The number of nitrogens with one attached hydrogen (secondary N) is 1. The third-order valence-corrected chi connectivity index (χ3v) is 3.78. The highest BCUT2D eigenvalue weighted by Crippen LogP contribution is 2.25. The third-order valence-electron chi connectivity index (χ3n) is 3.78. The third kappa shape index (κ3) is 2.84. The van der Waals surface area contributed by atoms with Gasteiger partial charge in [0, 0.05) is 6.04 Å². The van der Waals surface area contributed by atoms with Crippen molar-refractivity contribution in [3.8, 4) is 5.75 Å². The molecule has 0 heterocycles. The van der Waals surface area contributed by atoms with Gasteiger partial charge in [-0.3, -0.25) is 4.79 Å². The van der Waals surface area contributed by atoms with Gasteiger partial charge in [0.2, 0.25) is 0 Å². The fourth-order valence-electron chi connectivity index (χ4n) is 2.61. The molecular formula is C15H21NO2. The largest absolute Gasteiger partial charge is 0.496 e. The zero-order valence-corrected chi connectivity index (χ0v) is 11.1. The van der Waals surface area contributed by atoms with E-state index in [9.17, 15) is 4.79 Å². The van der Waals surface area contributed by atoms with Crippen LogP contribution in [0.15, 0.2) is 24.3 Å². The van der Waals surface area contributed by atoms with Crippen molar-refractivity contribution in [1.29, 1.82) is 0 Å². The average molecular weight is 247 g/mol. The molecule has 1 aliphatic carbocycles. The SMILES string of the molecule is COc1ccccc1C(=O)N[C@H]1CCCC[C@@H]1C. The second-order valence-electron chi connectivity index (χ2n) is 5.04. The number of para-hydroxylation sites is 1. The van der Waals surface area contributed by atoms with Crippen LogP contribution in [0.1, 0.15) is 43.0 Å². The Balaban J connectivity index is 2.07. The second-order valence-corrected chi connectivity index (χ2v) is 5.04. The van der Waals surface area contributed by atoms with E-state index in [0.29, 0.717) is 23.3 Å². The molecular weight excluding hydrogens is 226 g/mol. The molecule has 1 saturated carbocycles. The van der Waals surface area contributed by atoms with Gasteiger partial charge in [-0.05, 0) is 30.9 Å². The molecule has 0 saturated heterocycles. The van der Waals surface area contributed by atoms with Crippen LogP contribution in [-0.2, 0) is 0 Å². The maximum Gasteiger partial charge on any atom is 0.255 e. The first-order valence-electron chi connectivity index (χ1n) is 6.66. The number of hydrogen-bond donors (Lipinski definition) is 1. The number of hydrogen-bond acceptors (Lipinski definition) is 2. The van der Waals surface area contributed by atoms with Gasteiger partial charge in [0.05, 0.1) is 12.7 Å². The van der Waals surface area contributed by atoms with Crippen LogP contribution >= 0.6 is 0 Å². The van der Waals surface area contributed by atoms with E-state index in [1.807, 2.05) is 24.3 Å². The summed E-state index contributed by atoms with van der Waals surface area (Å²) in [6.45, 7) is 2.21. The summed E-state index contributed by atoms with van der Waals surface area (Å²) in [6.07, 6.45) is 4.78. The summed E-state index contributed by atoms with van der Waals surface area (Å²) in [7, 11) is 1.59. The Bertz CT molecular complexity index is 417. The van der Waals surface area contributed by atoms with E-state index in [1.165, 1.54) is 19.3 Å². The first-order valence-corrected chi connectivity index (χ1v) is 6.66. The van der Waals surface area contributed by atoms with Crippen LogP contribution in [0.25, 0.3) is 0 Å². The fourth-order valence-corrected chi connectivity index (χ4v) is 2.61. The average Bonchev–Trinajstić information content (AvgIpc) is 2.41. The van der Waals surface area contributed by atoms with E-state index in [2.05, 4.69) is 12.2 Å². The first kappa shape index (κ1) is 12.9. The van der Waals surface area contributed by atoms with Crippen molar-refractivity contribution in [2.24, 2.45) is 5.92 Å². The van der Waals surface area contributed by atoms with Crippen molar-refractivity contribution >= 4 is 5.91 Å². The number of methoxy groups -OCH3 is 1. The molecule has 0 aromatic heterocycles. The van der Waals surface area contributed by atoms with E-state index < -0.39 is 0 Å². The minimum atomic E-state index is -0.0220. The maximum absolute atomic E-state index is 12.2. The van der Waals surface area contributed by atoms with Crippen molar-refractivity contribution in [1.82, 2.24) is 5.32 Å². The maximum atomic E-state index is 12.2. The lowest BCUT2D eigenvalue weighted by Gasteiger charge is -2.29. The molecule has 1 amide bonds. The molecule has 0 bridgehead atoms. The van der Waals surface area contributed by atoms with Crippen LogP contribution < -0.4 is 10.1 Å². The van der Waals surface area contributed by atoms with Crippen LogP contribution in [0.5, 0.6) is 5.75 Å². The minimum Gasteiger partial charge on any atom is -0.496 e. The molecule has 1 N–H and O–H groups in total. The first-order chi connectivity index (χ1) is 8.72. The normalized spacial score (nSPS) is 23.4. The number of carbonyl (C=O) groups excluding carboxylic acids is 1. The number of ether oxygens (including phenoxy) is 1. The van der Waals surface area contributed by atoms with Crippen molar-refractivity contribution in [3.05, 3.63) is 29.8 Å². The Morgan fingerprint density at radius 2 is 2.00 bits per heavy atom. The zero-order chi connectivity index (χ0) is 13.0. The van der Waals surface area contributed by atoms with Crippen LogP contribution in [0, 0.1) is 5.92 Å². The van der Waals surface area contributed by atoms with Crippen molar-refractivity contribution in [3.63, 3.8) is 0 Å².